The molecule has 2 aromatic rings. The second-order valence-corrected chi connectivity index (χ2v) is 19.5. The van der Waals surface area contributed by atoms with Gasteiger partial charge in [-0.05, 0) is 80.4 Å². The van der Waals surface area contributed by atoms with Crippen LogP contribution in [0.15, 0.2) is 30.3 Å². The van der Waals surface area contributed by atoms with E-state index in [4.69, 9.17) is 18.9 Å². The fourth-order valence-electron chi connectivity index (χ4n) is 7.39. The molecule has 0 fully saturated rings. The third-order valence-corrected chi connectivity index (χ3v) is 11.7. The standard InChI is InChI=1S/C51H81N7O13/c1-14-32(10)44(48(64)58-45(33(11)59)49(65)54-38(26-29(4)5)50(66)68-12)56-40(61)17-15-23-70-35-21-19-34-20-22-41(52-36(34)27-35)71-24-16-18-39(60)55-42(30(6)7)47(63)53-37(25-28(2)3)46(62)57-43(31(8)9)51(67)69-13/h19-22,27-33,37-38,42-45,59H,14-18,23-26H2,1-13H3,(H,53,63)(H,54,65)(H,55,60)(H,56,61)(H,57,62)(H,58,64)/t32?,33?,37-,38-,42-,43-,44-,45-/m0/s1. The van der Waals surface area contributed by atoms with Gasteiger partial charge in [-0.25, -0.2) is 14.6 Å². The summed E-state index contributed by atoms with van der Waals surface area (Å²) in [6, 6.07) is 2.73. The third kappa shape index (κ3) is 21.1. The number of aromatic nitrogens is 1. The highest BCUT2D eigenvalue weighted by atomic mass is 16.5. The number of nitrogens with one attached hydrogen (secondary N) is 6. The highest BCUT2D eigenvalue weighted by molar-refractivity contribution is 5.95. The minimum Gasteiger partial charge on any atom is -0.494 e. The Morgan fingerprint density at radius 2 is 1.06 bits per heavy atom. The number of hydrogen-bond donors (Lipinski definition) is 7. The second kappa shape index (κ2) is 30.6. The van der Waals surface area contributed by atoms with Crippen LogP contribution in [0.25, 0.3) is 10.9 Å². The summed E-state index contributed by atoms with van der Waals surface area (Å²) >= 11 is 0. The number of ether oxygens (including phenoxy) is 4. The fraction of sp³-hybridized carbons (Fsp3) is 0.667. The predicted octanol–water partition coefficient (Wildman–Crippen LogP) is 3.64. The van der Waals surface area contributed by atoms with Gasteiger partial charge in [-0.2, -0.15) is 0 Å². The van der Waals surface area contributed by atoms with Crippen molar-refractivity contribution < 1.29 is 62.4 Å². The molecule has 1 aromatic heterocycles. The van der Waals surface area contributed by atoms with Crippen LogP contribution < -0.4 is 41.4 Å². The van der Waals surface area contributed by atoms with Crippen LogP contribution in [0.5, 0.6) is 11.6 Å². The number of fused-ring (bicyclic) bond motifs is 1. The summed E-state index contributed by atoms with van der Waals surface area (Å²) in [4.78, 5) is 109. The largest absolute Gasteiger partial charge is 0.494 e. The smallest absolute Gasteiger partial charge is 0.328 e. The van der Waals surface area contributed by atoms with Crippen molar-refractivity contribution >= 4 is 58.3 Å². The molecule has 71 heavy (non-hydrogen) atoms. The van der Waals surface area contributed by atoms with Crippen molar-refractivity contribution in [3.8, 4) is 11.6 Å². The Bertz CT molecular complexity index is 2080. The minimum atomic E-state index is -1.40. The Labute approximate surface area is 419 Å². The summed E-state index contributed by atoms with van der Waals surface area (Å²) in [5.74, 6) is -4.45. The molecule has 1 aromatic carbocycles. The van der Waals surface area contributed by atoms with Crippen LogP contribution in [-0.4, -0.2) is 127 Å². The van der Waals surface area contributed by atoms with Gasteiger partial charge in [0.1, 0.15) is 42.0 Å². The molecule has 0 aliphatic rings. The van der Waals surface area contributed by atoms with Crippen LogP contribution >= 0.6 is 0 Å². The first-order valence-corrected chi connectivity index (χ1v) is 24.7. The van der Waals surface area contributed by atoms with Crippen LogP contribution in [0.2, 0.25) is 0 Å². The van der Waals surface area contributed by atoms with Crippen molar-refractivity contribution in [3.63, 3.8) is 0 Å². The maximum absolute atomic E-state index is 13.5. The number of carbonyl (C=O) groups is 8. The number of esters is 2. The molecule has 0 saturated heterocycles. The van der Waals surface area contributed by atoms with Crippen LogP contribution in [0.1, 0.15) is 121 Å². The van der Waals surface area contributed by atoms with Crippen LogP contribution in [0.3, 0.4) is 0 Å². The van der Waals surface area contributed by atoms with Crippen LogP contribution in [-0.2, 0) is 47.8 Å². The lowest BCUT2D eigenvalue weighted by molar-refractivity contribution is -0.147. The maximum Gasteiger partial charge on any atom is 0.328 e. The SMILES string of the molecule is CCC(C)[C@H](NC(=O)CCCOc1ccc2ccc(OCCCC(=O)N[C@H](C(=O)N[C@@H](CC(C)C)C(=O)N[C@H](C(=O)OC)C(C)C)C(C)C)nc2c1)C(=O)N[C@H](C(=O)N[C@@H](CC(C)C)C(=O)OC)C(C)O. The molecule has 2 unspecified atom stereocenters. The predicted molar refractivity (Wildman–Crippen MR) is 267 cm³/mol. The van der Waals surface area contributed by atoms with Gasteiger partial charge in [0.2, 0.25) is 41.3 Å². The van der Waals surface area contributed by atoms with E-state index < -0.39 is 83.8 Å². The summed E-state index contributed by atoms with van der Waals surface area (Å²) in [7, 11) is 2.45. The van der Waals surface area contributed by atoms with E-state index >= 15 is 0 Å². The summed E-state index contributed by atoms with van der Waals surface area (Å²) in [5, 5.41) is 27.4. The molecule has 0 aliphatic heterocycles. The molecule has 398 valence electrons. The molecule has 0 aliphatic carbocycles. The van der Waals surface area contributed by atoms with Gasteiger partial charge in [0, 0.05) is 30.4 Å². The summed E-state index contributed by atoms with van der Waals surface area (Å²) in [6.07, 6.45) is 0.511. The molecule has 0 bridgehead atoms. The maximum atomic E-state index is 13.5. The zero-order chi connectivity index (χ0) is 53.5. The average Bonchev–Trinajstić information content (AvgIpc) is 3.31. The Balaban J connectivity index is 1.95. The quantitative estimate of drug-likeness (QED) is 0.0420. The molecule has 2 rings (SSSR count). The van der Waals surface area contributed by atoms with Crippen LogP contribution in [0, 0.1) is 29.6 Å². The number of benzene rings is 1. The Morgan fingerprint density at radius 3 is 1.59 bits per heavy atom. The normalized spacial score (nSPS) is 14.8. The van der Waals surface area contributed by atoms with Crippen molar-refractivity contribution in [2.24, 2.45) is 29.6 Å². The van der Waals surface area contributed by atoms with Gasteiger partial charge in [0.15, 0.2) is 0 Å². The lowest BCUT2D eigenvalue weighted by Crippen LogP contribution is -2.60. The lowest BCUT2D eigenvalue weighted by atomic mass is 9.97. The topological polar surface area (TPSA) is 279 Å². The molecular weight excluding hydrogens is 919 g/mol. The molecule has 7 N–H and O–H groups in total. The monoisotopic (exact) mass is 1000 g/mol. The van der Waals surface area contributed by atoms with Gasteiger partial charge >= 0.3 is 11.9 Å². The summed E-state index contributed by atoms with van der Waals surface area (Å²) in [6.45, 7) is 20.0. The van der Waals surface area contributed by atoms with Crippen molar-refractivity contribution in [3.05, 3.63) is 30.3 Å². The van der Waals surface area contributed by atoms with E-state index in [0.717, 1.165) is 5.39 Å². The molecule has 0 radical (unpaired) electrons. The Hall–Kier alpha value is -6.05. The summed E-state index contributed by atoms with van der Waals surface area (Å²) < 4.78 is 21.5. The number of hydrogen-bond acceptors (Lipinski definition) is 14. The van der Waals surface area contributed by atoms with E-state index in [1.165, 1.54) is 21.1 Å². The number of rotatable bonds is 31. The number of amides is 6. The van der Waals surface area contributed by atoms with Crippen molar-refractivity contribution in [2.75, 3.05) is 27.4 Å². The van der Waals surface area contributed by atoms with E-state index in [-0.39, 0.29) is 68.0 Å². The highest BCUT2D eigenvalue weighted by Gasteiger charge is 2.35. The minimum absolute atomic E-state index is 0.0276. The van der Waals surface area contributed by atoms with E-state index in [0.29, 0.717) is 42.8 Å². The molecule has 20 heteroatoms. The second-order valence-electron chi connectivity index (χ2n) is 19.5. The molecule has 20 nitrogen and oxygen atoms in total. The molecular formula is C51H81N7O13. The molecule has 1 heterocycles. The van der Waals surface area contributed by atoms with Gasteiger partial charge in [-0.15, -0.1) is 0 Å². The number of aliphatic hydroxyl groups excluding tert-OH is 1. The third-order valence-electron chi connectivity index (χ3n) is 11.7. The van der Waals surface area contributed by atoms with E-state index in [2.05, 4.69) is 36.9 Å². The Morgan fingerprint density at radius 1 is 0.563 bits per heavy atom. The van der Waals surface area contributed by atoms with Gasteiger partial charge in [-0.1, -0.05) is 75.7 Å². The van der Waals surface area contributed by atoms with Gasteiger partial charge in [0.25, 0.3) is 0 Å². The van der Waals surface area contributed by atoms with Crippen LogP contribution in [0.4, 0.5) is 0 Å². The Kier molecular flexibility index (Phi) is 26.4. The van der Waals surface area contributed by atoms with E-state index in [9.17, 15) is 43.5 Å². The molecule has 6 amide bonds. The van der Waals surface area contributed by atoms with Crippen molar-refractivity contribution in [1.29, 1.82) is 0 Å². The zero-order valence-electron chi connectivity index (χ0n) is 44.0. The molecule has 0 saturated carbocycles. The number of pyridine rings is 1. The fourth-order valence-corrected chi connectivity index (χ4v) is 7.39. The number of nitrogens with zero attached hydrogens (tertiary/aromatic N) is 1. The number of methoxy groups -OCH3 is 2. The first kappa shape index (κ1) is 61.1. The van der Waals surface area contributed by atoms with E-state index in [1.54, 1.807) is 52.8 Å². The van der Waals surface area contributed by atoms with E-state index in [1.807, 2.05) is 46.8 Å². The molecule has 8 atom stereocenters. The number of aliphatic hydroxyl groups is 1. The van der Waals surface area contributed by atoms with Gasteiger partial charge < -0.3 is 56.0 Å². The average molecular weight is 1000 g/mol. The zero-order valence-corrected chi connectivity index (χ0v) is 44.0. The summed E-state index contributed by atoms with van der Waals surface area (Å²) in [5.41, 5.74) is 0.586. The highest BCUT2D eigenvalue weighted by Crippen LogP contribution is 2.23. The van der Waals surface area contributed by atoms with Gasteiger partial charge in [-0.3, -0.25) is 28.8 Å². The first-order valence-electron chi connectivity index (χ1n) is 24.7. The van der Waals surface area contributed by atoms with Crippen molar-refractivity contribution in [2.45, 2.75) is 163 Å². The number of carbonyl (C=O) groups excluding carboxylic acids is 8. The first-order chi connectivity index (χ1) is 33.4. The lowest BCUT2D eigenvalue weighted by Gasteiger charge is -2.28. The van der Waals surface area contributed by atoms with Crippen molar-refractivity contribution in [1.82, 2.24) is 36.9 Å². The molecule has 0 spiro atoms. The van der Waals surface area contributed by atoms with Gasteiger partial charge in [0.05, 0.1) is 39.1 Å².